The minimum atomic E-state index is -0.370. The monoisotopic (exact) mass is 455 g/mol. The second-order valence-corrected chi connectivity index (χ2v) is 9.59. The van der Waals surface area contributed by atoms with Crippen molar-refractivity contribution < 1.29 is 9.53 Å². The third-order valence-electron chi connectivity index (χ3n) is 6.72. The van der Waals surface area contributed by atoms with E-state index in [4.69, 9.17) is 27.9 Å². The molecule has 30 heavy (non-hydrogen) atoms. The Labute approximate surface area is 191 Å². The lowest BCUT2D eigenvalue weighted by Gasteiger charge is -2.42. The largest absolute Gasteiger partial charge is 0.372 e. The van der Waals surface area contributed by atoms with Gasteiger partial charge in [0.25, 0.3) is 0 Å². The van der Waals surface area contributed by atoms with Gasteiger partial charge in [-0.15, -0.1) is 0 Å². The SMILES string of the molecule is CO[C@@H](C)C(=O)N[C@H]1CC[C@H](CCN2CCN(c3cccc(Cl)c3Cl)[C@H](C)C2)CC1. The lowest BCUT2D eigenvalue weighted by atomic mass is 9.84. The molecule has 0 radical (unpaired) electrons. The smallest absolute Gasteiger partial charge is 0.249 e. The number of benzene rings is 1. The summed E-state index contributed by atoms with van der Waals surface area (Å²) in [6.07, 6.45) is 5.40. The van der Waals surface area contributed by atoms with Gasteiger partial charge in [0.1, 0.15) is 6.10 Å². The second-order valence-electron chi connectivity index (χ2n) is 8.81. The molecule has 1 heterocycles. The van der Waals surface area contributed by atoms with E-state index in [1.807, 2.05) is 12.1 Å². The first-order valence-electron chi connectivity index (χ1n) is 11.1. The molecule has 1 saturated carbocycles. The number of anilines is 1. The van der Waals surface area contributed by atoms with Crippen molar-refractivity contribution in [2.75, 3.05) is 38.2 Å². The summed E-state index contributed by atoms with van der Waals surface area (Å²) in [5.74, 6) is 0.765. The van der Waals surface area contributed by atoms with Gasteiger partial charge in [-0.1, -0.05) is 29.3 Å². The number of amides is 1. The Balaban J connectivity index is 1.40. The van der Waals surface area contributed by atoms with Gasteiger partial charge in [0.15, 0.2) is 0 Å². The molecule has 7 heteroatoms. The minimum Gasteiger partial charge on any atom is -0.372 e. The topological polar surface area (TPSA) is 44.8 Å². The molecule has 1 aliphatic heterocycles. The van der Waals surface area contributed by atoms with Crippen LogP contribution < -0.4 is 10.2 Å². The van der Waals surface area contributed by atoms with Crippen molar-refractivity contribution >= 4 is 34.8 Å². The van der Waals surface area contributed by atoms with Crippen molar-refractivity contribution in [3.05, 3.63) is 28.2 Å². The molecule has 0 aromatic heterocycles. The summed E-state index contributed by atoms with van der Waals surface area (Å²) >= 11 is 12.6. The number of ether oxygens (including phenoxy) is 1. The molecule has 1 amide bonds. The number of carbonyl (C=O) groups excluding carboxylic acids is 1. The number of nitrogens with one attached hydrogen (secondary N) is 1. The van der Waals surface area contributed by atoms with Crippen molar-refractivity contribution in [3.63, 3.8) is 0 Å². The Kier molecular flexibility index (Phi) is 8.70. The summed E-state index contributed by atoms with van der Waals surface area (Å²) in [6.45, 7) is 8.26. The van der Waals surface area contributed by atoms with Crippen molar-refractivity contribution in [1.29, 1.82) is 0 Å². The van der Waals surface area contributed by atoms with Crippen molar-refractivity contribution in [1.82, 2.24) is 10.2 Å². The molecule has 3 rings (SSSR count). The highest BCUT2D eigenvalue weighted by molar-refractivity contribution is 6.43. The van der Waals surface area contributed by atoms with Gasteiger partial charge in [-0.2, -0.15) is 0 Å². The Morgan fingerprint density at radius 2 is 1.97 bits per heavy atom. The third-order valence-corrected chi connectivity index (χ3v) is 7.53. The number of piperazine rings is 1. The normalized spacial score (nSPS) is 26.4. The second kappa shape index (κ2) is 11.0. The van der Waals surface area contributed by atoms with Crippen LogP contribution in [0, 0.1) is 5.92 Å². The maximum absolute atomic E-state index is 12.0. The zero-order chi connectivity index (χ0) is 21.7. The number of halogens is 2. The van der Waals surface area contributed by atoms with Crippen LogP contribution >= 0.6 is 23.2 Å². The van der Waals surface area contributed by atoms with E-state index >= 15 is 0 Å². The maximum Gasteiger partial charge on any atom is 0.249 e. The fraction of sp³-hybridized carbons (Fsp3) is 0.696. The average Bonchev–Trinajstić information content (AvgIpc) is 2.75. The number of hydrogen-bond donors (Lipinski definition) is 1. The predicted octanol–water partition coefficient (Wildman–Crippen LogP) is 4.60. The van der Waals surface area contributed by atoms with Crippen LogP contribution in [0.1, 0.15) is 46.0 Å². The molecule has 1 aliphatic carbocycles. The number of hydrogen-bond acceptors (Lipinski definition) is 4. The quantitative estimate of drug-likeness (QED) is 0.651. The predicted molar refractivity (Wildman–Crippen MR) is 125 cm³/mol. The fourth-order valence-corrected chi connectivity index (χ4v) is 5.10. The summed E-state index contributed by atoms with van der Waals surface area (Å²) < 4.78 is 5.10. The van der Waals surface area contributed by atoms with Crippen molar-refractivity contribution in [3.8, 4) is 0 Å². The van der Waals surface area contributed by atoms with Gasteiger partial charge >= 0.3 is 0 Å². The van der Waals surface area contributed by atoms with Crippen LogP contribution in [-0.4, -0.2) is 62.3 Å². The van der Waals surface area contributed by atoms with Crippen LogP contribution in [0.25, 0.3) is 0 Å². The van der Waals surface area contributed by atoms with Gasteiger partial charge in [0, 0.05) is 38.8 Å². The molecule has 168 valence electrons. The van der Waals surface area contributed by atoms with Gasteiger partial charge < -0.3 is 15.0 Å². The lowest BCUT2D eigenvalue weighted by Crippen LogP contribution is -2.52. The van der Waals surface area contributed by atoms with Crippen LogP contribution in [0.5, 0.6) is 0 Å². The van der Waals surface area contributed by atoms with E-state index in [0.717, 1.165) is 50.6 Å². The maximum atomic E-state index is 12.0. The highest BCUT2D eigenvalue weighted by Gasteiger charge is 2.28. The molecular formula is C23H35Cl2N3O2. The van der Waals surface area contributed by atoms with Crippen LogP contribution in [-0.2, 0) is 9.53 Å². The molecule has 1 aromatic carbocycles. The van der Waals surface area contributed by atoms with E-state index in [2.05, 4.69) is 28.1 Å². The standard InChI is InChI=1S/C23H35Cl2N3O2/c1-16-15-27(13-14-28(16)21-6-4-5-20(24)22(21)25)12-11-18-7-9-19(10-8-18)26-23(29)17(2)30-3/h4-6,16-19H,7-15H2,1-3H3,(H,26,29)/t16-,17+,18-,19-/m1/s1. The summed E-state index contributed by atoms with van der Waals surface area (Å²) in [7, 11) is 1.57. The average molecular weight is 456 g/mol. The minimum absolute atomic E-state index is 0.00705. The van der Waals surface area contributed by atoms with Crippen molar-refractivity contribution in [2.24, 2.45) is 5.92 Å². The zero-order valence-corrected chi connectivity index (χ0v) is 19.9. The summed E-state index contributed by atoms with van der Waals surface area (Å²) in [5, 5.41) is 4.40. The van der Waals surface area contributed by atoms with E-state index in [1.165, 1.54) is 19.3 Å². The van der Waals surface area contributed by atoms with E-state index in [-0.39, 0.29) is 12.0 Å². The molecule has 1 N–H and O–H groups in total. The number of methoxy groups -OCH3 is 1. The molecule has 1 saturated heterocycles. The fourth-order valence-electron chi connectivity index (χ4n) is 4.69. The third kappa shape index (κ3) is 6.03. The van der Waals surface area contributed by atoms with Crippen LogP contribution in [0.4, 0.5) is 5.69 Å². The summed E-state index contributed by atoms with van der Waals surface area (Å²) in [6, 6.07) is 6.58. The molecule has 0 unspecified atom stereocenters. The Hall–Kier alpha value is -1.01. The van der Waals surface area contributed by atoms with Crippen molar-refractivity contribution in [2.45, 2.75) is 64.1 Å². The first-order valence-corrected chi connectivity index (χ1v) is 11.9. The number of nitrogens with zero attached hydrogens (tertiary/aromatic N) is 2. The molecule has 5 nitrogen and oxygen atoms in total. The van der Waals surface area contributed by atoms with Gasteiger partial charge in [0.2, 0.25) is 5.91 Å². The van der Waals surface area contributed by atoms with E-state index in [0.29, 0.717) is 22.1 Å². The molecule has 0 spiro atoms. The molecule has 1 aromatic rings. The summed E-state index contributed by atoms with van der Waals surface area (Å²) in [5.41, 5.74) is 1.04. The molecule has 0 bridgehead atoms. The zero-order valence-electron chi connectivity index (χ0n) is 18.4. The van der Waals surface area contributed by atoms with Gasteiger partial charge in [-0.05, 0) is 70.5 Å². The Bertz CT molecular complexity index is 710. The molecule has 2 aliphatic rings. The van der Waals surface area contributed by atoms with Crippen LogP contribution in [0.3, 0.4) is 0 Å². The lowest BCUT2D eigenvalue weighted by molar-refractivity contribution is -0.131. The van der Waals surface area contributed by atoms with Crippen LogP contribution in [0.2, 0.25) is 10.0 Å². The van der Waals surface area contributed by atoms with E-state index in [1.54, 1.807) is 14.0 Å². The van der Waals surface area contributed by atoms with E-state index < -0.39 is 0 Å². The number of rotatable bonds is 7. The number of carbonyl (C=O) groups is 1. The summed E-state index contributed by atoms with van der Waals surface area (Å²) in [4.78, 5) is 16.9. The first-order chi connectivity index (χ1) is 14.4. The Morgan fingerprint density at radius 3 is 2.63 bits per heavy atom. The highest BCUT2D eigenvalue weighted by Crippen LogP contribution is 2.34. The molecule has 2 atom stereocenters. The Morgan fingerprint density at radius 1 is 1.23 bits per heavy atom. The highest BCUT2D eigenvalue weighted by atomic mass is 35.5. The van der Waals surface area contributed by atoms with Gasteiger partial charge in [-0.3, -0.25) is 9.69 Å². The first kappa shape index (κ1) is 23.6. The molecular weight excluding hydrogens is 421 g/mol. The van der Waals surface area contributed by atoms with Gasteiger partial charge in [-0.25, -0.2) is 0 Å². The van der Waals surface area contributed by atoms with Gasteiger partial charge in [0.05, 0.1) is 15.7 Å². The van der Waals surface area contributed by atoms with Crippen LogP contribution in [0.15, 0.2) is 18.2 Å². The molecule has 2 fully saturated rings. The van der Waals surface area contributed by atoms with E-state index in [9.17, 15) is 4.79 Å².